The fourth-order valence-corrected chi connectivity index (χ4v) is 2.87. The molecule has 1 aliphatic heterocycles. The molecule has 78 valence electrons. The second kappa shape index (κ2) is 4.36. The second-order valence-corrected chi connectivity index (χ2v) is 4.96. The predicted molar refractivity (Wildman–Crippen MR) is 60.3 cm³/mol. The number of rotatable bonds is 3. The summed E-state index contributed by atoms with van der Waals surface area (Å²) in [5.41, 5.74) is 1.31. The van der Waals surface area contributed by atoms with Gasteiger partial charge in [-0.1, -0.05) is 6.92 Å². The van der Waals surface area contributed by atoms with E-state index in [1.165, 1.54) is 11.3 Å². The number of hydrogen-bond acceptors (Lipinski definition) is 3. The average Bonchev–Trinajstić information content (AvgIpc) is 2.74. The molecule has 1 aromatic heterocycles. The highest BCUT2D eigenvalue weighted by atomic mass is 32.2. The normalized spacial score (nSPS) is 27.0. The number of thioether (sulfide) groups is 1. The molecule has 1 N–H and O–H groups in total. The first kappa shape index (κ1) is 10.1. The number of aryl methyl sites for hydroxylation is 1. The molecular weight excluding hydrogens is 194 g/mol. The van der Waals surface area contributed by atoms with Crippen molar-refractivity contribution in [2.45, 2.75) is 38.2 Å². The topological polar surface area (TPSA) is 29.9 Å². The largest absolute Gasteiger partial charge is 0.298 e. The number of hydrogen-bond donors (Lipinski definition) is 1. The molecule has 0 saturated carbocycles. The van der Waals surface area contributed by atoms with Crippen LogP contribution in [0.2, 0.25) is 0 Å². The molecule has 1 aromatic rings. The third-order valence-corrected chi connectivity index (χ3v) is 3.79. The Morgan fingerprint density at radius 2 is 2.57 bits per heavy atom. The highest BCUT2D eigenvalue weighted by molar-refractivity contribution is 7.99. The van der Waals surface area contributed by atoms with E-state index < -0.39 is 0 Å². The smallest absolute Gasteiger partial charge is 0.0822 e. The van der Waals surface area contributed by atoms with Crippen LogP contribution in [0.25, 0.3) is 0 Å². The van der Waals surface area contributed by atoms with Gasteiger partial charge in [0.15, 0.2) is 0 Å². The molecule has 1 saturated heterocycles. The van der Waals surface area contributed by atoms with Crippen LogP contribution in [0.4, 0.5) is 0 Å². The molecule has 2 rings (SSSR count). The maximum Gasteiger partial charge on any atom is 0.0822 e. The molecule has 0 aromatic carbocycles. The first-order valence-corrected chi connectivity index (χ1v) is 6.24. The first-order chi connectivity index (χ1) is 6.79. The lowest BCUT2D eigenvalue weighted by Gasteiger charge is -2.07. The minimum absolute atomic E-state index is 0.454. The standard InChI is InChI=1S/C10H17N3S/c1-3-4-13-6-9(5-11-13)10-12-8(2)7-14-10/h5-6,8,10,12H,3-4,7H2,1-2H3. The zero-order valence-electron chi connectivity index (χ0n) is 8.73. The summed E-state index contributed by atoms with van der Waals surface area (Å²) in [6.07, 6.45) is 5.29. The molecule has 3 nitrogen and oxygen atoms in total. The van der Waals surface area contributed by atoms with E-state index >= 15 is 0 Å². The van der Waals surface area contributed by atoms with Gasteiger partial charge in [-0.3, -0.25) is 10.00 Å². The Labute approximate surface area is 89.3 Å². The predicted octanol–water partition coefficient (Wildman–Crippen LogP) is 2.02. The first-order valence-electron chi connectivity index (χ1n) is 5.19. The van der Waals surface area contributed by atoms with Crippen LogP contribution in [0, 0.1) is 0 Å². The fraction of sp³-hybridized carbons (Fsp3) is 0.700. The van der Waals surface area contributed by atoms with Gasteiger partial charge in [-0.05, 0) is 13.3 Å². The molecular formula is C10H17N3S. The van der Waals surface area contributed by atoms with Gasteiger partial charge in [0.05, 0.1) is 11.6 Å². The molecule has 1 aliphatic rings. The van der Waals surface area contributed by atoms with Gasteiger partial charge >= 0.3 is 0 Å². The lowest BCUT2D eigenvalue weighted by atomic mass is 10.3. The lowest BCUT2D eigenvalue weighted by Crippen LogP contribution is -2.21. The van der Waals surface area contributed by atoms with Crippen LogP contribution in [0.1, 0.15) is 31.2 Å². The Balaban J connectivity index is 2.02. The van der Waals surface area contributed by atoms with Crippen LogP contribution in [0.15, 0.2) is 12.4 Å². The van der Waals surface area contributed by atoms with Gasteiger partial charge in [-0.15, -0.1) is 11.8 Å². The van der Waals surface area contributed by atoms with Crippen molar-refractivity contribution in [3.63, 3.8) is 0 Å². The molecule has 2 atom stereocenters. The molecule has 0 amide bonds. The second-order valence-electron chi connectivity index (χ2n) is 3.82. The van der Waals surface area contributed by atoms with Crippen molar-refractivity contribution in [1.29, 1.82) is 0 Å². The highest BCUT2D eigenvalue weighted by Gasteiger charge is 2.23. The molecule has 0 bridgehead atoms. The Hall–Kier alpha value is -0.480. The Morgan fingerprint density at radius 3 is 3.21 bits per heavy atom. The van der Waals surface area contributed by atoms with Gasteiger partial charge in [0.25, 0.3) is 0 Å². The minimum Gasteiger partial charge on any atom is -0.298 e. The summed E-state index contributed by atoms with van der Waals surface area (Å²) in [5, 5.41) is 8.33. The van der Waals surface area contributed by atoms with Gasteiger partial charge in [-0.25, -0.2) is 0 Å². The van der Waals surface area contributed by atoms with Crippen LogP contribution in [0.5, 0.6) is 0 Å². The van der Waals surface area contributed by atoms with Crippen molar-refractivity contribution in [2.24, 2.45) is 0 Å². The van der Waals surface area contributed by atoms with Crippen molar-refractivity contribution in [3.05, 3.63) is 18.0 Å². The Bertz CT molecular complexity index is 297. The zero-order valence-corrected chi connectivity index (χ0v) is 9.55. The third kappa shape index (κ3) is 2.12. The van der Waals surface area contributed by atoms with Crippen LogP contribution >= 0.6 is 11.8 Å². The van der Waals surface area contributed by atoms with E-state index in [4.69, 9.17) is 0 Å². The monoisotopic (exact) mass is 211 g/mol. The molecule has 2 heterocycles. The van der Waals surface area contributed by atoms with E-state index in [0.717, 1.165) is 13.0 Å². The van der Waals surface area contributed by atoms with Crippen LogP contribution < -0.4 is 5.32 Å². The Kier molecular flexibility index (Phi) is 3.13. The number of nitrogens with zero attached hydrogens (tertiary/aromatic N) is 2. The summed E-state index contributed by atoms with van der Waals surface area (Å²) in [7, 11) is 0. The maximum atomic E-state index is 4.34. The molecule has 0 spiro atoms. The summed E-state index contributed by atoms with van der Waals surface area (Å²) >= 11 is 1.97. The van der Waals surface area contributed by atoms with E-state index in [0.29, 0.717) is 11.4 Å². The number of nitrogens with one attached hydrogen (secondary N) is 1. The van der Waals surface area contributed by atoms with Crippen LogP contribution in [-0.4, -0.2) is 21.6 Å². The molecule has 1 fully saturated rings. The van der Waals surface area contributed by atoms with Crippen LogP contribution in [0.3, 0.4) is 0 Å². The summed E-state index contributed by atoms with van der Waals surface area (Å²) in [6, 6.07) is 0.625. The van der Waals surface area contributed by atoms with Crippen molar-refractivity contribution in [2.75, 3.05) is 5.75 Å². The summed E-state index contributed by atoms with van der Waals surface area (Å²) < 4.78 is 2.03. The van der Waals surface area contributed by atoms with E-state index in [9.17, 15) is 0 Å². The zero-order chi connectivity index (χ0) is 9.97. The Morgan fingerprint density at radius 1 is 1.71 bits per heavy atom. The quantitative estimate of drug-likeness (QED) is 0.829. The van der Waals surface area contributed by atoms with E-state index in [1.807, 2.05) is 22.6 Å². The van der Waals surface area contributed by atoms with Gasteiger partial charge in [0.1, 0.15) is 0 Å². The van der Waals surface area contributed by atoms with Crippen molar-refractivity contribution in [1.82, 2.24) is 15.1 Å². The molecule has 14 heavy (non-hydrogen) atoms. The van der Waals surface area contributed by atoms with E-state index in [2.05, 4.69) is 30.5 Å². The molecule has 0 radical (unpaired) electrons. The maximum absolute atomic E-state index is 4.34. The summed E-state index contributed by atoms with van der Waals surface area (Å²) in [6.45, 7) is 5.42. The van der Waals surface area contributed by atoms with E-state index in [1.54, 1.807) is 0 Å². The lowest BCUT2D eigenvalue weighted by molar-refractivity contribution is 0.597. The van der Waals surface area contributed by atoms with E-state index in [-0.39, 0.29) is 0 Å². The van der Waals surface area contributed by atoms with Gasteiger partial charge < -0.3 is 0 Å². The highest BCUT2D eigenvalue weighted by Crippen LogP contribution is 2.32. The SMILES string of the molecule is CCCn1cc(C2NC(C)CS2)cn1. The molecule has 4 heteroatoms. The minimum atomic E-state index is 0.454. The molecule has 2 unspecified atom stereocenters. The summed E-state index contributed by atoms with van der Waals surface area (Å²) in [4.78, 5) is 0. The third-order valence-electron chi connectivity index (χ3n) is 2.36. The van der Waals surface area contributed by atoms with Crippen molar-refractivity contribution < 1.29 is 0 Å². The average molecular weight is 211 g/mol. The van der Waals surface area contributed by atoms with Crippen LogP contribution in [-0.2, 0) is 6.54 Å². The van der Waals surface area contributed by atoms with Gasteiger partial charge in [-0.2, -0.15) is 5.10 Å². The molecule has 0 aliphatic carbocycles. The summed E-state index contributed by atoms with van der Waals surface area (Å²) in [5.74, 6) is 1.20. The fourth-order valence-electron chi connectivity index (χ4n) is 1.65. The van der Waals surface area contributed by atoms with Crippen molar-refractivity contribution in [3.8, 4) is 0 Å². The number of aromatic nitrogens is 2. The van der Waals surface area contributed by atoms with Gasteiger partial charge in [0.2, 0.25) is 0 Å². The van der Waals surface area contributed by atoms with Gasteiger partial charge in [0, 0.05) is 30.1 Å². The van der Waals surface area contributed by atoms with Crippen molar-refractivity contribution >= 4 is 11.8 Å².